The molecule has 0 aliphatic heterocycles. The first-order valence-corrected chi connectivity index (χ1v) is 6.20. The lowest BCUT2D eigenvalue weighted by Gasteiger charge is -2.06. The third-order valence-corrected chi connectivity index (χ3v) is 3.21. The van der Waals surface area contributed by atoms with Crippen molar-refractivity contribution in [2.24, 2.45) is 7.05 Å². The number of nitriles is 1. The molecule has 2 aromatic rings. The van der Waals surface area contributed by atoms with E-state index in [0.717, 1.165) is 5.69 Å². The molecule has 0 fully saturated rings. The molecule has 0 radical (unpaired) electrons. The SMILES string of the molecule is Cc1nn(C)c(C)c1C(=O)OCc1ccccc1C#N. The third-order valence-electron chi connectivity index (χ3n) is 3.21. The fraction of sp³-hybridized carbons (Fsp3) is 0.267. The average molecular weight is 269 g/mol. The molecule has 0 amide bonds. The molecular weight excluding hydrogens is 254 g/mol. The molecule has 0 spiro atoms. The molecule has 5 heteroatoms. The molecule has 1 aromatic heterocycles. The maximum atomic E-state index is 12.1. The highest BCUT2D eigenvalue weighted by atomic mass is 16.5. The zero-order chi connectivity index (χ0) is 14.7. The molecule has 0 bridgehead atoms. The van der Waals surface area contributed by atoms with Gasteiger partial charge in [-0.15, -0.1) is 0 Å². The van der Waals surface area contributed by atoms with Gasteiger partial charge in [0, 0.05) is 18.3 Å². The van der Waals surface area contributed by atoms with Crippen LogP contribution < -0.4 is 0 Å². The number of esters is 1. The molecular formula is C15H15N3O2. The van der Waals surface area contributed by atoms with Crippen LogP contribution in [0.1, 0.15) is 32.9 Å². The van der Waals surface area contributed by atoms with Crippen molar-refractivity contribution in [3.63, 3.8) is 0 Å². The van der Waals surface area contributed by atoms with Gasteiger partial charge in [-0.25, -0.2) is 4.79 Å². The van der Waals surface area contributed by atoms with Crippen LogP contribution in [0.15, 0.2) is 24.3 Å². The average Bonchev–Trinajstić information content (AvgIpc) is 2.70. The Bertz CT molecular complexity index is 696. The lowest BCUT2D eigenvalue weighted by molar-refractivity contribution is 0.0470. The van der Waals surface area contributed by atoms with E-state index in [1.54, 1.807) is 36.9 Å². The standard InChI is InChI=1S/C15H15N3O2/c1-10-14(11(2)18(3)17-10)15(19)20-9-13-7-5-4-6-12(13)8-16/h4-7H,9H2,1-3H3. The van der Waals surface area contributed by atoms with Crippen molar-refractivity contribution in [1.29, 1.82) is 5.26 Å². The van der Waals surface area contributed by atoms with Gasteiger partial charge in [0.05, 0.1) is 17.3 Å². The third kappa shape index (κ3) is 2.54. The number of hydrogen-bond acceptors (Lipinski definition) is 4. The summed E-state index contributed by atoms with van der Waals surface area (Å²) < 4.78 is 6.94. The molecule has 0 saturated heterocycles. The Balaban J connectivity index is 2.15. The number of hydrogen-bond donors (Lipinski definition) is 0. The Labute approximate surface area is 117 Å². The van der Waals surface area contributed by atoms with E-state index in [0.29, 0.717) is 22.4 Å². The van der Waals surface area contributed by atoms with E-state index in [9.17, 15) is 4.79 Å². The van der Waals surface area contributed by atoms with Crippen molar-refractivity contribution in [3.8, 4) is 6.07 Å². The molecule has 0 atom stereocenters. The molecule has 2 rings (SSSR count). The number of aryl methyl sites for hydroxylation is 2. The van der Waals surface area contributed by atoms with Crippen molar-refractivity contribution >= 4 is 5.97 Å². The molecule has 5 nitrogen and oxygen atoms in total. The number of carbonyl (C=O) groups excluding carboxylic acids is 1. The Morgan fingerprint density at radius 1 is 1.40 bits per heavy atom. The molecule has 1 aromatic carbocycles. The molecule has 102 valence electrons. The van der Waals surface area contributed by atoms with E-state index in [-0.39, 0.29) is 6.61 Å². The van der Waals surface area contributed by atoms with Crippen LogP contribution in [-0.2, 0) is 18.4 Å². The van der Waals surface area contributed by atoms with Crippen LogP contribution in [0.4, 0.5) is 0 Å². The molecule has 0 unspecified atom stereocenters. The Kier molecular flexibility index (Phi) is 3.85. The Morgan fingerprint density at radius 2 is 2.10 bits per heavy atom. The largest absolute Gasteiger partial charge is 0.457 e. The second-order valence-electron chi connectivity index (χ2n) is 4.51. The summed E-state index contributed by atoms with van der Waals surface area (Å²) in [6.07, 6.45) is 0. The quantitative estimate of drug-likeness (QED) is 0.801. The lowest BCUT2D eigenvalue weighted by atomic mass is 10.1. The molecule has 0 aliphatic rings. The number of carbonyl (C=O) groups is 1. The van der Waals surface area contributed by atoms with Gasteiger partial charge < -0.3 is 4.74 Å². The molecule has 20 heavy (non-hydrogen) atoms. The minimum Gasteiger partial charge on any atom is -0.457 e. The van der Waals surface area contributed by atoms with Crippen LogP contribution in [-0.4, -0.2) is 15.7 Å². The van der Waals surface area contributed by atoms with Crippen LogP contribution in [0.3, 0.4) is 0 Å². The summed E-state index contributed by atoms with van der Waals surface area (Å²) in [7, 11) is 1.78. The highest BCUT2D eigenvalue weighted by Gasteiger charge is 2.19. The lowest BCUT2D eigenvalue weighted by Crippen LogP contribution is -2.08. The van der Waals surface area contributed by atoms with Crippen molar-refractivity contribution in [1.82, 2.24) is 9.78 Å². The van der Waals surface area contributed by atoms with Crippen LogP contribution in [0.2, 0.25) is 0 Å². The summed E-state index contributed by atoms with van der Waals surface area (Å²) in [6.45, 7) is 3.67. The van der Waals surface area contributed by atoms with Gasteiger partial charge in [-0.1, -0.05) is 18.2 Å². The van der Waals surface area contributed by atoms with Crippen molar-refractivity contribution in [2.75, 3.05) is 0 Å². The van der Waals surface area contributed by atoms with Gasteiger partial charge in [0.2, 0.25) is 0 Å². The Hall–Kier alpha value is -2.61. The summed E-state index contributed by atoms with van der Waals surface area (Å²) in [5.74, 6) is -0.416. The van der Waals surface area contributed by atoms with Crippen molar-refractivity contribution in [3.05, 3.63) is 52.3 Å². The maximum Gasteiger partial charge on any atom is 0.342 e. The zero-order valence-corrected chi connectivity index (χ0v) is 11.7. The van der Waals surface area contributed by atoms with Crippen molar-refractivity contribution < 1.29 is 9.53 Å². The predicted molar refractivity (Wildman–Crippen MR) is 73.0 cm³/mol. The van der Waals surface area contributed by atoms with Gasteiger partial charge in [-0.05, 0) is 19.9 Å². The van der Waals surface area contributed by atoms with E-state index in [1.165, 1.54) is 0 Å². The number of ether oxygens (including phenoxy) is 1. The van der Waals surface area contributed by atoms with E-state index in [1.807, 2.05) is 13.0 Å². The van der Waals surface area contributed by atoms with E-state index in [2.05, 4.69) is 11.2 Å². The second-order valence-corrected chi connectivity index (χ2v) is 4.51. The van der Waals surface area contributed by atoms with Crippen LogP contribution in [0, 0.1) is 25.2 Å². The summed E-state index contributed by atoms with van der Waals surface area (Å²) in [5, 5.41) is 13.2. The summed E-state index contributed by atoms with van der Waals surface area (Å²) in [5.41, 5.74) is 3.11. The smallest absolute Gasteiger partial charge is 0.342 e. The zero-order valence-electron chi connectivity index (χ0n) is 11.7. The monoisotopic (exact) mass is 269 g/mol. The minimum atomic E-state index is -0.416. The first-order valence-electron chi connectivity index (χ1n) is 6.20. The summed E-state index contributed by atoms with van der Waals surface area (Å²) >= 11 is 0. The number of nitrogens with zero attached hydrogens (tertiary/aromatic N) is 3. The first kappa shape index (κ1) is 13.8. The summed E-state index contributed by atoms with van der Waals surface area (Å²) in [4.78, 5) is 12.1. The van der Waals surface area contributed by atoms with Gasteiger partial charge in [0.15, 0.2) is 0 Å². The van der Waals surface area contributed by atoms with E-state index in [4.69, 9.17) is 10.00 Å². The number of aromatic nitrogens is 2. The number of rotatable bonds is 3. The van der Waals surface area contributed by atoms with Crippen LogP contribution in [0.25, 0.3) is 0 Å². The fourth-order valence-electron chi connectivity index (χ4n) is 2.04. The molecule has 1 heterocycles. The first-order chi connectivity index (χ1) is 9.54. The summed E-state index contributed by atoms with van der Waals surface area (Å²) in [6, 6.07) is 9.14. The van der Waals surface area contributed by atoms with Gasteiger partial charge in [-0.2, -0.15) is 10.4 Å². The molecule has 0 saturated carbocycles. The van der Waals surface area contributed by atoms with Gasteiger partial charge >= 0.3 is 5.97 Å². The van der Waals surface area contributed by atoms with Crippen LogP contribution >= 0.6 is 0 Å². The maximum absolute atomic E-state index is 12.1. The van der Waals surface area contributed by atoms with Crippen molar-refractivity contribution in [2.45, 2.75) is 20.5 Å². The number of benzene rings is 1. The van der Waals surface area contributed by atoms with E-state index >= 15 is 0 Å². The van der Waals surface area contributed by atoms with E-state index < -0.39 is 5.97 Å². The van der Waals surface area contributed by atoms with Crippen LogP contribution in [0.5, 0.6) is 0 Å². The highest BCUT2D eigenvalue weighted by molar-refractivity contribution is 5.91. The van der Waals surface area contributed by atoms with Gasteiger partial charge in [-0.3, -0.25) is 4.68 Å². The minimum absolute atomic E-state index is 0.0797. The Morgan fingerprint density at radius 3 is 2.70 bits per heavy atom. The topological polar surface area (TPSA) is 67.9 Å². The fourth-order valence-corrected chi connectivity index (χ4v) is 2.04. The van der Waals surface area contributed by atoms with Gasteiger partial charge in [0.1, 0.15) is 12.2 Å². The van der Waals surface area contributed by atoms with Gasteiger partial charge in [0.25, 0.3) is 0 Å². The molecule has 0 aliphatic carbocycles. The second kappa shape index (κ2) is 5.57. The highest BCUT2D eigenvalue weighted by Crippen LogP contribution is 2.15. The molecule has 0 N–H and O–H groups in total. The normalized spacial score (nSPS) is 10.1. The predicted octanol–water partition coefficient (Wildman–Crippen LogP) is 2.27.